The van der Waals surface area contributed by atoms with Gasteiger partial charge in [-0.2, -0.15) is 0 Å². The molecule has 0 N–H and O–H groups in total. The zero-order valence-electron chi connectivity index (χ0n) is 13.9. The summed E-state index contributed by atoms with van der Waals surface area (Å²) in [5.41, 5.74) is 1.41. The van der Waals surface area contributed by atoms with E-state index in [4.69, 9.17) is 14.5 Å². The number of ether oxygens (including phenoxy) is 2. The van der Waals surface area contributed by atoms with Crippen LogP contribution in [0.1, 0.15) is 36.6 Å². The largest absolute Gasteiger partial charge is 0.355 e. The average Bonchev–Trinajstić information content (AvgIpc) is 2.99. The van der Waals surface area contributed by atoms with E-state index in [1.54, 1.807) is 23.1 Å². The fraction of sp³-hybridized carbons (Fsp3) is 0.647. The van der Waals surface area contributed by atoms with Crippen LogP contribution in [-0.4, -0.2) is 34.8 Å². The number of aromatic nitrogens is 2. The Labute approximate surface area is 149 Å². The van der Waals surface area contributed by atoms with E-state index in [-0.39, 0.29) is 11.7 Å². The maximum atomic E-state index is 13.0. The summed E-state index contributed by atoms with van der Waals surface area (Å²) in [7, 11) is 0. The summed E-state index contributed by atoms with van der Waals surface area (Å²) in [6, 6.07) is 0. The standard InChI is InChI=1S/C17H22N2O3S2/c1-2-19-16(20)14-12-5-3-4-6-13(12)24-15(14)18-17(19)23-9-11-7-8-21-10-22-11/h11H,2-10H2,1H3/t11-/m1/s1. The van der Waals surface area contributed by atoms with Gasteiger partial charge in [0.15, 0.2) is 5.16 Å². The topological polar surface area (TPSA) is 53.4 Å². The van der Waals surface area contributed by atoms with Gasteiger partial charge < -0.3 is 9.47 Å². The maximum Gasteiger partial charge on any atom is 0.263 e. The van der Waals surface area contributed by atoms with Gasteiger partial charge >= 0.3 is 0 Å². The van der Waals surface area contributed by atoms with Crippen molar-refractivity contribution in [3.05, 3.63) is 20.8 Å². The van der Waals surface area contributed by atoms with Crippen molar-refractivity contribution in [3.8, 4) is 0 Å². The summed E-state index contributed by atoms with van der Waals surface area (Å²) in [4.78, 5) is 20.2. The minimum atomic E-state index is 0.136. The average molecular weight is 367 g/mol. The van der Waals surface area contributed by atoms with E-state index in [2.05, 4.69) is 0 Å². The summed E-state index contributed by atoms with van der Waals surface area (Å²) in [5, 5.41) is 1.70. The Morgan fingerprint density at radius 3 is 3.04 bits per heavy atom. The molecule has 0 unspecified atom stereocenters. The van der Waals surface area contributed by atoms with Crippen molar-refractivity contribution in [3.63, 3.8) is 0 Å². The van der Waals surface area contributed by atoms with E-state index in [0.717, 1.165) is 47.0 Å². The second-order valence-corrected chi connectivity index (χ2v) is 8.32. The monoisotopic (exact) mass is 366 g/mol. The van der Waals surface area contributed by atoms with Crippen LogP contribution in [0.3, 0.4) is 0 Å². The van der Waals surface area contributed by atoms with Crippen LogP contribution in [0.5, 0.6) is 0 Å². The molecule has 3 heterocycles. The van der Waals surface area contributed by atoms with Crippen LogP contribution >= 0.6 is 23.1 Å². The molecule has 1 atom stereocenters. The molecule has 2 aliphatic rings. The Hall–Kier alpha value is -0.890. The third-order valence-corrected chi connectivity index (χ3v) is 7.02. The lowest BCUT2D eigenvalue weighted by Gasteiger charge is -2.22. The summed E-state index contributed by atoms with van der Waals surface area (Å²) in [5.74, 6) is 0.812. The lowest BCUT2D eigenvalue weighted by molar-refractivity contribution is -0.130. The maximum absolute atomic E-state index is 13.0. The highest BCUT2D eigenvalue weighted by atomic mass is 32.2. The van der Waals surface area contributed by atoms with Gasteiger partial charge in [-0.3, -0.25) is 9.36 Å². The summed E-state index contributed by atoms with van der Waals surface area (Å²) in [6.07, 6.45) is 5.61. The van der Waals surface area contributed by atoms with Crippen LogP contribution in [0.25, 0.3) is 10.2 Å². The Morgan fingerprint density at radius 1 is 1.38 bits per heavy atom. The quantitative estimate of drug-likeness (QED) is 0.614. The molecule has 130 valence electrons. The molecule has 1 aliphatic heterocycles. The van der Waals surface area contributed by atoms with Crippen LogP contribution in [-0.2, 0) is 28.9 Å². The van der Waals surface area contributed by atoms with Crippen molar-refractivity contribution in [1.29, 1.82) is 0 Å². The third kappa shape index (κ3) is 3.03. The highest BCUT2D eigenvalue weighted by molar-refractivity contribution is 7.99. The van der Waals surface area contributed by atoms with E-state index < -0.39 is 0 Å². The lowest BCUT2D eigenvalue weighted by atomic mass is 9.97. The second-order valence-electron chi connectivity index (χ2n) is 6.25. The van der Waals surface area contributed by atoms with E-state index in [0.29, 0.717) is 13.3 Å². The number of rotatable bonds is 4. The molecule has 2 aromatic heterocycles. The Bertz CT molecular complexity index is 793. The molecule has 0 bridgehead atoms. The first kappa shape index (κ1) is 16.6. The van der Waals surface area contributed by atoms with Crippen molar-refractivity contribution in [2.75, 3.05) is 19.2 Å². The molecule has 5 nitrogen and oxygen atoms in total. The second kappa shape index (κ2) is 7.15. The lowest BCUT2D eigenvalue weighted by Crippen LogP contribution is -2.27. The predicted molar refractivity (Wildman–Crippen MR) is 97.2 cm³/mol. The van der Waals surface area contributed by atoms with Gasteiger partial charge in [0, 0.05) is 17.2 Å². The number of hydrogen-bond donors (Lipinski definition) is 0. The first-order valence-corrected chi connectivity index (χ1v) is 10.5. The molecule has 2 aromatic rings. The van der Waals surface area contributed by atoms with Crippen molar-refractivity contribution in [2.24, 2.45) is 0 Å². The number of fused-ring (bicyclic) bond motifs is 3. The smallest absolute Gasteiger partial charge is 0.263 e. The zero-order valence-corrected chi connectivity index (χ0v) is 15.5. The molecule has 1 fully saturated rings. The summed E-state index contributed by atoms with van der Waals surface area (Å²) >= 11 is 3.35. The van der Waals surface area contributed by atoms with Crippen LogP contribution in [0, 0.1) is 0 Å². The predicted octanol–water partition coefficient (Wildman–Crippen LogP) is 3.21. The normalized spacial score (nSPS) is 21.1. The van der Waals surface area contributed by atoms with Crippen LogP contribution in [0.4, 0.5) is 0 Å². The number of thioether (sulfide) groups is 1. The highest BCUT2D eigenvalue weighted by Crippen LogP contribution is 2.34. The van der Waals surface area contributed by atoms with Crippen LogP contribution < -0.4 is 5.56 Å². The third-order valence-electron chi connectivity index (χ3n) is 4.73. The summed E-state index contributed by atoms with van der Waals surface area (Å²) in [6.45, 7) is 3.79. The SMILES string of the molecule is CCn1c(SC[C@H]2CCOCO2)nc2sc3c(c2c1=O)CCCC3. The van der Waals surface area contributed by atoms with Crippen LogP contribution in [0.15, 0.2) is 9.95 Å². The first-order chi connectivity index (χ1) is 11.8. The highest BCUT2D eigenvalue weighted by Gasteiger charge is 2.22. The van der Waals surface area contributed by atoms with Gasteiger partial charge in [0.1, 0.15) is 11.6 Å². The van der Waals surface area contributed by atoms with E-state index in [1.165, 1.54) is 23.3 Å². The van der Waals surface area contributed by atoms with E-state index in [9.17, 15) is 4.79 Å². The van der Waals surface area contributed by atoms with Crippen molar-refractivity contribution >= 4 is 33.3 Å². The molecule has 1 saturated heterocycles. The van der Waals surface area contributed by atoms with Crippen molar-refractivity contribution in [2.45, 2.75) is 56.8 Å². The molecule has 7 heteroatoms. The van der Waals surface area contributed by atoms with Crippen LogP contribution in [0.2, 0.25) is 0 Å². The van der Waals surface area contributed by atoms with Gasteiger partial charge in [-0.1, -0.05) is 11.8 Å². The van der Waals surface area contributed by atoms with Crippen molar-refractivity contribution < 1.29 is 9.47 Å². The summed E-state index contributed by atoms with van der Waals surface area (Å²) < 4.78 is 12.6. The van der Waals surface area contributed by atoms with Gasteiger partial charge in [0.25, 0.3) is 5.56 Å². The first-order valence-electron chi connectivity index (χ1n) is 8.65. The molecule has 24 heavy (non-hydrogen) atoms. The number of nitrogens with zero attached hydrogens (tertiary/aromatic N) is 2. The van der Waals surface area contributed by atoms with Crippen molar-refractivity contribution in [1.82, 2.24) is 9.55 Å². The Kier molecular flexibility index (Phi) is 4.94. The minimum Gasteiger partial charge on any atom is -0.355 e. The molecule has 0 saturated carbocycles. The van der Waals surface area contributed by atoms with Gasteiger partial charge in [0.2, 0.25) is 0 Å². The van der Waals surface area contributed by atoms with Gasteiger partial charge in [0.05, 0.1) is 18.1 Å². The van der Waals surface area contributed by atoms with Gasteiger partial charge in [-0.05, 0) is 44.6 Å². The Morgan fingerprint density at radius 2 is 2.25 bits per heavy atom. The molecular weight excluding hydrogens is 344 g/mol. The molecule has 0 radical (unpaired) electrons. The number of thiophene rings is 1. The molecule has 1 aliphatic carbocycles. The zero-order chi connectivity index (χ0) is 16.5. The molecule has 0 aromatic carbocycles. The fourth-order valence-electron chi connectivity index (χ4n) is 3.41. The fourth-order valence-corrected chi connectivity index (χ4v) is 5.84. The number of hydrogen-bond acceptors (Lipinski definition) is 6. The van der Waals surface area contributed by atoms with Gasteiger partial charge in [-0.25, -0.2) is 4.98 Å². The molecule has 0 amide bonds. The molecule has 4 rings (SSSR count). The molecular formula is C17H22N2O3S2. The number of aryl methyl sites for hydroxylation is 2. The Balaban J connectivity index is 1.68. The molecule has 0 spiro atoms. The van der Waals surface area contributed by atoms with E-state index >= 15 is 0 Å². The minimum absolute atomic E-state index is 0.136. The van der Waals surface area contributed by atoms with Gasteiger partial charge in [-0.15, -0.1) is 11.3 Å². The van der Waals surface area contributed by atoms with E-state index in [1.807, 2.05) is 11.5 Å².